The maximum atomic E-state index is 9.60. The summed E-state index contributed by atoms with van der Waals surface area (Å²) in [5.41, 5.74) is 5.32. The number of phenols is 2. The molecule has 0 aliphatic carbocycles. The highest BCUT2D eigenvalue weighted by atomic mass is 16.5. The van der Waals surface area contributed by atoms with Crippen LogP contribution in [0.5, 0.6) is 28.7 Å². The molecular formula is C31H35NO5. The van der Waals surface area contributed by atoms with Gasteiger partial charge in [-0.15, -0.1) is 0 Å². The third-order valence-electron chi connectivity index (χ3n) is 7.10. The number of nitrogens with zero attached hydrogens (tertiary/aromatic N) is 1. The minimum atomic E-state index is -0.138. The standard InChI is InChI=1S/C17H14O4.C14H21NO/c1-9-17-13-5-3-10(18)6-15(13)20-8-14(17)12-4-2-11(19)7-16(12)21-9;1-13-5-7-14(8-6-13)16-12-11-15-9-3-2-4-10-15/h2-7,9,18-19H,8H2,1H3;5-8H,2-4,9-12H2,1H3. The molecule has 0 aromatic heterocycles. The molecule has 1 unspecified atom stereocenters. The molecule has 37 heavy (non-hydrogen) atoms. The van der Waals surface area contributed by atoms with Gasteiger partial charge in [0, 0.05) is 41.0 Å². The Morgan fingerprint density at radius 1 is 0.865 bits per heavy atom. The summed E-state index contributed by atoms with van der Waals surface area (Å²) in [4.78, 5) is 2.50. The van der Waals surface area contributed by atoms with Gasteiger partial charge in [0.05, 0.1) is 0 Å². The van der Waals surface area contributed by atoms with Crippen molar-refractivity contribution >= 4 is 11.1 Å². The number of rotatable bonds is 4. The van der Waals surface area contributed by atoms with E-state index in [1.807, 2.05) is 31.2 Å². The number of aromatic hydroxyl groups is 2. The minimum absolute atomic E-state index is 0.138. The van der Waals surface area contributed by atoms with E-state index in [2.05, 4.69) is 24.0 Å². The molecule has 0 amide bonds. The Kier molecular flexibility index (Phi) is 7.56. The van der Waals surface area contributed by atoms with Crippen LogP contribution in [0.15, 0.2) is 60.7 Å². The van der Waals surface area contributed by atoms with E-state index >= 15 is 0 Å². The van der Waals surface area contributed by atoms with Crippen LogP contribution in [0.2, 0.25) is 0 Å². The van der Waals surface area contributed by atoms with Crippen molar-refractivity contribution in [2.45, 2.75) is 39.2 Å². The van der Waals surface area contributed by atoms with Gasteiger partial charge in [0.1, 0.15) is 48.1 Å². The number of aryl methyl sites for hydroxylation is 1. The van der Waals surface area contributed by atoms with Crippen LogP contribution in [-0.2, 0) is 0 Å². The Balaban J connectivity index is 0.000000158. The monoisotopic (exact) mass is 501 g/mol. The third-order valence-corrected chi connectivity index (χ3v) is 7.10. The highest BCUT2D eigenvalue weighted by molar-refractivity contribution is 5.99. The van der Waals surface area contributed by atoms with Crippen LogP contribution in [0.1, 0.15) is 42.9 Å². The molecule has 0 radical (unpaired) electrons. The Hall–Kier alpha value is -3.64. The molecule has 194 valence electrons. The minimum Gasteiger partial charge on any atom is -0.508 e. The predicted molar refractivity (Wildman–Crippen MR) is 146 cm³/mol. The average molecular weight is 502 g/mol. The van der Waals surface area contributed by atoms with E-state index in [9.17, 15) is 10.2 Å². The van der Waals surface area contributed by atoms with Crippen LogP contribution >= 0.6 is 0 Å². The number of ether oxygens (including phenoxy) is 3. The summed E-state index contributed by atoms with van der Waals surface area (Å²) >= 11 is 0. The summed E-state index contributed by atoms with van der Waals surface area (Å²) in [5, 5.41) is 19.2. The lowest BCUT2D eigenvalue weighted by Gasteiger charge is -2.33. The average Bonchev–Trinajstić information content (AvgIpc) is 2.90. The molecular weight excluding hydrogens is 466 g/mol. The van der Waals surface area contributed by atoms with Gasteiger partial charge in [0.2, 0.25) is 0 Å². The van der Waals surface area contributed by atoms with Gasteiger partial charge in [0.15, 0.2) is 0 Å². The molecule has 3 aromatic rings. The van der Waals surface area contributed by atoms with Crippen molar-refractivity contribution in [1.29, 1.82) is 0 Å². The van der Waals surface area contributed by atoms with Gasteiger partial charge >= 0.3 is 0 Å². The summed E-state index contributed by atoms with van der Waals surface area (Å²) < 4.78 is 17.4. The van der Waals surface area contributed by atoms with Gasteiger partial charge < -0.3 is 24.4 Å². The zero-order valence-electron chi connectivity index (χ0n) is 21.6. The molecule has 3 aromatic carbocycles. The zero-order valence-corrected chi connectivity index (χ0v) is 21.6. The Labute approximate surface area is 218 Å². The van der Waals surface area contributed by atoms with Gasteiger partial charge in [-0.3, -0.25) is 4.90 Å². The van der Waals surface area contributed by atoms with Crippen LogP contribution in [0, 0.1) is 6.92 Å². The van der Waals surface area contributed by atoms with E-state index in [-0.39, 0.29) is 17.6 Å². The lowest BCUT2D eigenvalue weighted by molar-refractivity contribution is 0.183. The Morgan fingerprint density at radius 3 is 2.27 bits per heavy atom. The van der Waals surface area contributed by atoms with Crippen molar-refractivity contribution in [3.05, 3.63) is 77.4 Å². The van der Waals surface area contributed by atoms with Crippen molar-refractivity contribution in [2.75, 3.05) is 32.8 Å². The van der Waals surface area contributed by atoms with Gasteiger partial charge in [0.25, 0.3) is 0 Å². The highest BCUT2D eigenvalue weighted by Gasteiger charge is 2.32. The number of fused-ring (bicyclic) bond motifs is 4. The second-order valence-electron chi connectivity index (χ2n) is 9.87. The first-order valence-electron chi connectivity index (χ1n) is 13.1. The Bertz CT molecular complexity index is 1260. The fourth-order valence-corrected chi connectivity index (χ4v) is 5.15. The highest BCUT2D eigenvalue weighted by Crippen LogP contribution is 2.47. The van der Waals surface area contributed by atoms with Crippen LogP contribution in [0.4, 0.5) is 0 Å². The lowest BCUT2D eigenvalue weighted by Crippen LogP contribution is -2.33. The van der Waals surface area contributed by atoms with Crippen molar-refractivity contribution in [3.8, 4) is 28.7 Å². The summed E-state index contributed by atoms with van der Waals surface area (Å²) in [6.07, 6.45) is 3.96. The zero-order chi connectivity index (χ0) is 25.8. The van der Waals surface area contributed by atoms with Gasteiger partial charge in [-0.05, 0) is 76.2 Å². The summed E-state index contributed by atoms with van der Waals surface area (Å²) in [5.74, 6) is 2.71. The molecule has 6 heteroatoms. The number of piperidine rings is 1. The lowest BCUT2D eigenvalue weighted by atomic mass is 9.87. The van der Waals surface area contributed by atoms with E-state index in [1.165, 1.54) is 37.9 Å². The van der Waals surface area contributed by atoms with Crippen molar-refractivity contribution in [2.24, 2.45) is 0 Å². The van der Waals surface area contributed by atoms with Gasteiger partial charge in [-0.2, -0.15) is 0 Å². The first-order valence-corrected chi connectivity index (χ1v) is 13.1. The fraction of sp³-hybridized carbons (Fsp3) is 0.355. The SMILES string of the molecule is CC1Oc2cc(O)ccc2C2=C1c1ccc(O)cc1OC2.Cc1ccc(OCCN2CCCCC2)cc1. The maximum absolute atomic E-state index is 9.60. The first-order chi connectivity index (χ1) is 18.0. The van der Waals surface area contributed by atoms with Crippen molar-refractivity contribution in [3.63, 3.8) is 0 Å². The predicted octanol–water partition coefficient (Wildman–Crippen LogP) is 6.04. The Morgan fingerprint density at radius 2 is 1.54 bits per heavy atom. The summed E-state index contributed by atoms with van der Waals surface area (Å²) in [6, 6.07) is 18.5. The van der Waals surface area contributed by atoms with Crippen LogP contribution in [-0.4, -0.2) is 54.1 Å². The number of benzene rings is 3. The second kappa shape index (κ2) is 11.2. The molecule has 3 aliphatic rings. The molecule has 6 nitrogen and oxygen atoms in total. The van der Waals surface area contributed by atoms with Crippen molar-refractivity contribution < 1.29 is 24.4 Å². The van der Waals surface area contributed by atoms with E-state index in [4.69, 9.17) is 14.2 Å². The second-order valence-corrected chi connectivity index (χ2v) is 9.87. The smallest absolute Gasteiger partial charge is 0.131 e. The van der Waals surface area contributed by atoms with Crippen LogP contribution < -0.4 is 14.2 Å². The number of likely N-dealkylation sites (tertiary alicyclic amines) is 1. The summed E-state index contributed by atoms with van der Waals surface area (Å²) in [7, 11) is 0. The maximum Gasteiger partial charge on any atom is 0.131 e. The molecule has 3 aliphatic heterocycles. The van der Waals surface area contributed by atoms with E-state index in [1.54, 1.807) is 24.3 Å². The van der Waals surface area contributed by atoms with E-state index in [0.717, 1.165) is 41.2 Å². The van der Waals surface area contributed by atoms with Gasteiger partial charge in [-0.1, -0.05) is 24.1 Å². The van der Waals surface area contributed by atoms with Crippen LogP contribution in [0.3, 0.4) is 0 Å². The molecule has 1 saturated heterocycles. The van der Waals surface area contributed by atoms with Gasteiger partial charge in [-0.25, -0.2) is 0 Å². The third kappa shape index (κ3) is 5.86. The molecule has 0 bridgehead atoms. The number of hydrogen-bond acceptors (Lipinski definition) is 6. The largest absolute Gasteiger partial charge is 0.508 e. The molecule has 3 heterocycles. The summed E-state index contributed by atoms with van der Waals surface area (Å²) in [6.45, 7) is 8.87. The molecule has 1 atom stereocenters. The topological polar surface area (TPSA) is 71.4 Å². The molecule has 1 fully saturated rings. The number of phenolic OH excluding ortho intramolecular Hbond substituents is 2. The molecule has 0 saturated carbocycles. The fourth-order valence-electron chi connectivity index (χ4n) is 5.15. The van der Waals surface area contributed by atoms with E-state index < -0.39 is 0 Å². The molecule has 0 spiro atoms. The quantitative estimate of drug-likeness (QED) is 0.454. The van der Waals surface area contributed by atoms with E-state index in [0.29, 0.717) is 18.1 Å². The first kappa shape index (κ1) is 25.0. The van der Waals surface area contributed by atoms with Crippen molar-refractivity contribution in [1.82, 2.24) is 4.90 Å². The number of hydrogen-bond donors (Lipinski definition) is 2. The van der Waals surface area contributed by atoms with Crippen LogP contribution in [0.25, 0.3) is 11.1 Å². The normalized spacial score (nSPS) is 18.3. The molecule has 2 N–H and O–H groups in total. The molecule has 6 rings (SSSR count).